The van der Waals surface area contributed by atoms with Gasteiger partial charge in [-0.3, -0.25) is 0 Å². The van der Waals surface area contributed by atoms with E-state index in [2.05, 4.69) is 126 Å². The van der Waals surface area contributed by atoms with Crippen molar-refractivity contribution in [1.82, 2.24) is 0 Å². The van der Waals surface area contributed by atoms with Gasteiger partial charge in [-0.2, -0.15) is 42.0 Å². The molecule has 0 saturated heterocycles. The molecule has 3 heteroatoms. The van der Waals surface area contributed by atoms with Crippen LogP contribution in [0, 0.1) is 6.07 Å². The fourth-order valence-electron chi connectivity index (χ4n) is 8.23. The molecule has 2 saturated carbocycles. The summed E-state index contributed by atoms with van der Waals surface area (Å²) in [5.41, 5.74) is 14.6. The Bertz CT molecular complexity index is 1730. The molecule has 2 fully saturated rings. The van der Waals surface area contributed by atoms with Gasteiger partial charge in [0.05, 0.1) is 0 Å². The maximum Gasteiger partial charge on any atom is -0.172 e. The average Bonchev–Trinajstić information content (AvgIpc) is 3.87. The Kier molecular flexibility index (Phi) is 16.5. The fraction of sp³-hybridized carbons (Fsp3) is 0.412. The maximum atomic E-state index is 3.67. The van der Waals surface area contributed by atoms with Gasteiger partial charge in [0.25, 0.3) is 0 Å². The van der Waals surface area contributed by atoms with Crippen LogP contribution in [-0.2, 0) is 41.5 Å². The second-order valence-electron chi connectivity index (χ2n) is 17.6. The SMILES string of the molecule is CC(C)(C)c1[c-]c2c(cc1)-c1ccc(C(C)(C)C)cc1C2.[Cl-].[Cl-].[Zr+2]=[C](c1ccc(C2CCCCC2)cc1)c1ccc(C2CCCCC2)cc1.c1cc[cH-]c1. The summed E-state index contributed by atoms with van der Waals surface area (Å²) in [4.78, 5) is 0. The summed E-state index contributed by atoms with van der Waals surface area (Å²) in [5, 5.41) is 0. The number of hydrogen-bond donors (Lipinski definition) is 0. The molecule has 0 nitrogen and oxygen atoms in total. The van der Waals surface area contributed by atoms with E-state index in [1.54, 1.807) is 11.1 Å². The molecule has 3 aliphatic rings. The summed E-state index contributed by atoms with van der Waals surface area (Å²) in [6.45, 7) is 13.6. The molecule has 8 rings (SSSR count). The van der Waals surface area contributed by atoms with Gasteiger partial charge >= 0.3 is 174 Å². The average molecular weight is 835 g/mol. The fourth-order valence-corrected chi connectivity index (χ4v) is 9.05. The van der Waals surface area contributed by atoms with Gasteiger partial charge in [-0.05, 0) is 28.4 Å². The zero-order valence-corrected chi connectivity index (χ0v) is 37.6. The zero-order valence-electron chi connectivity index (χ0n) is 33.6. The van der Waals surface area contributed by atoms with E-state index in [-0.39, 0.29) is 35.6 Å². The minimum Gasteiger partial charge on any atom is -0.214 e. The largest absolute Gasteiger partial charge is 0.214 e. The normalized spacial score (nSPS) is 15.6. The molecule has 0 bridgehead atoms. The van der Waals surface area contributed by atoms with Crippen LogP contribution in [0.2, 0.25) is 0 Å². The second-order valence-corrected chi connectivity index (χ2v) is 18.8. The summed E-state index contributed by atoms with van der Waals surface area (Å²) >= 11 is 1.51. The van der Waals surface area contributed by atoms with Crippen molar-refractivity contribution < 1.29 is 49.0 Å². The third-order valence-corrected chi connectivity index (χ3v) is 13.0. The molecule has 5 aromatic rings. The molecule has 0 spiro atoms. The van der Waals surface area contributed by atoms with Crippen molar-refractivity contribution in [2.24, 2.45) is 0 Å². The Morgan fingerprint density at radius 3 is 1.50 bits per heavy atom. The Labute approximate surface area is 355 Å². The Balaban J connectivity index is 0.000000209. The van der Waals surface area contributed by atoms with Crippen molar-refractivity contribution in [1.29, 1.82) is 0 Å². The van der Waals surface area contributed by atoms with Crippen LogP contribution in [0.3, 0.4) is 0 Å². The van der Waals surface area contributed by atoms with Crippen molar-refractivity contribution >= 4 is 3.21 Å². The van der Waals surface area contributed by atoms with E-state index < -0.39 is 0 Å². The monoisotopic (exact) mass is 832 g/mol. The van der Waals surface area contributed by atoms with Gasteiger partial charge in [0.2, 0.25) is 0 Å². The first kappa shape index (κ1) is 44.3. The van der Waals surface area contributed by atoms with Crippen molar-refractivity contribution in [2.45, 2.75) is 135 Å². The minimum atomic E-state index is 0. The summed E-state index contributed by atoms with van der Waals surface area (Å²) in [6.07, 6.45) is 15.1. The predicted molar refractivity (Wildman–Crippen MR) is 221 cm³/mol. The van der Waals surface area contributed by atoms with Gasteiger partial charge in [-0.25, -0.2) is 12.1 Å². The third kappa shape index (κ3) is 11.6. The van der Waals surface area contributed by atoms with Crippen molar-refractivity contribution in [3.63, 3.8) is 0 Å². The molecular weight excluding hydrogens is 775 g/mol. The summed E-state index contributed by atoms with van der Waals surface area (Å²) in [5.74, 6) is 1.61. The number of rotatable bonds is 4. The minimum absolute atomic E-state index is 0. The van der Waals surface area contributed by atoms with Gasteiger partial charge < -0.3 is 24.8 Å². The van der Waals surface area contributed by atoms with Crippen LogP contribution in [0.5, 0.6) is 0 Å². The maximum absolute atomic E-state index is 3.67. The van der Waals surface area contributed by atoms with E-state index in [0.717, 1.165) is 18.3 Å². The standard InChI is InChI=1S/C25H30.C21H25.C5H5.2ClH.Zr/c1-3-7-22(8-4-1)24-15-11-20(12-16-24)19-21-13-17-25(18-14-21)23-9-5-2-6-10-23;1-20(2,3)16-7-9-18-14(12-16)11-15-13-17(21(4,5)6)8-10-19(15)18;1-2-4-5-3-1;;;/h11-18,22-23H,1-10H2;7-10,12H,11H2,1-6H3;1-5H;2*1H;/q;2*-1;;;+2/p-2. The molecule has 54 heavy (non-hydrogen) atoms. The van der Waals surface area contributed by atoms with Gasteiger partial charge in [0.1, 0.15) is 0 Å². The van der Waals surface area contributed by atoms with Crippen molar-refractivity contribution in [2.75, 3.05) is 0 Å². The van der Waals surface area contributed by atoms with Crippen molar-refractivity contribution in [3.05, 3.63) is 160 Å². The molecule has 0 amide bonds. The molecule has 5 aromatic carbocycles. The van der Waals surface area contributed by atoms with Gasteiger partial charge in [-0.1, -0.05) is 65.3 Å². The van der Waals surface area contributed by atoms with E-state index in [1.807, 2.05) is 30.3 Å². The van der Waals surface area contributed by atoms with Gasteiger partial charge in [0.15, 0.2) is 0 Å². The third-order valence-electron chi connectivity index (χ3n) is 11.6. The first-order valence-electron chi connectivity index (χ1n) is 20.1. The first-order valence-corrected chi connectivity index (χ1v) is 21.4. The smallest absolute Gasteiger partial charge is 0.172 e. The summed E-state index contributed by atoms with van der Waals surface area (Å²) in [7, 11) is 0. The molecule has 0 N–H and O–H groups in total. The van der Waals surface area contributed by atoms with Crippen LogP contribution < -0.4 is 24.8 Å². The van der Waals surface area contributed by atoms with Crippen LogP contribution >= 0.6 is 0 Å². The second kappa shape index (κ2) is 20.1. The Morgan fingerprint density at radius 1 is 0.593 bits per heavy atom. The summed E-state index contributed by atoms with van der Waals surface area (Å²) < 4.78 is 1.49. The van der Waals surface area contributed by atoms with Crippen LogP contribution in [0.4, 0.5) is 0 Å². The van der Waals surface area contributed by atoms with E-state index in [1.165, 1.54) is 136 Å². The molecule has 0 aliphatic heterocycles. The Morgan fingerprint density at radius 2 is 1.07 bits per heavy atom. The van der Waals surface area contributed by atoms with Crippen LogP contribution in [0.15, 0.2) is 109 Å². The van der Waals surface area contributed by atoms with Gasteiger partial charge in [-0.15, -0.1) is 11.1 Å². The topological polar surface area (TPSA) is 0 Å². The quantitative estimate of drug-likeness (QED) is 0.158. The number of halogens is 2. The van der Waals surface area contributed by atoms with Crippen LogP contribution in [-0.4, -0.2) is 3.21 Å². The van der Waals surface area contributed by atoms with Crippen LogP contribution in [0.1, 0.15) is 162 Å². The number of benzene rings is 4. The van der Waals surface area contributed by atoms with Gasteiger partial charge in [0, 0.05) is 0 Å². The predicted octanol–water partition coefficient (Wildman–Crippen LogP) is 7.96. The number of fused-ring (bicyclic) bond motifs is 3. The number of hydrogen-bond acceptors (Lipinski definition) is 0. The van der Waals surface area contributed by atoms with E-state index >= 15 is 0 Å². The molecule has 0 aromatic heterocycles. The van der Waals surface area contributed by atoms with Crippen LogP contribution in [0.25, 0.3) is 11.1 Å². The molecule has 0 atom stereocenters. The molecule has 0 unspecified atom stereocenters. The van der Waals surface area contributed by atoms with E-state index in [4.69, 9.17) is 0 Å². The van der Waals surface area contributed by atoms with E-state index in [9.17, 15) is 0 Å². The molecule has 0 heterocycles. The Hall–Kier alpha value is -2.44. The first-order chi connectivity index (χ1) is 25.0. The summed E-state index contributed by atoms with van der Waals surface area (Å²) in [6, 6.07) is 44.2. The molecular formula is C51H60Cl2Zr-2. The van der Waals surface area contributed by atoms with Crippen molar-refractivity contribution in [3.8, 4) is 11.1 Å². The van der Waals surface area contributed by atoms with E-state index in [0.29, 0.717) is 0 Å². The molecule has 284 valence electrons. The molecule has 3 aliphatic carbocycles. The zero-order chi connectivity index (χ0) is 36.7. The molecule has 0 radical (unpaired) electrons.